The normalized spacial score (nSPS) is 11.5. The molecule has 0 atom stereocenters. The number of carbonyl (C=O) groups excluding carboxylic acids is 2. The van der Waals surface area contributed by atoms with Gasteiger partial charge in [0.15, 0.2) is 23.3 Å². The lowest BCUT2D eigenvalue weighted by Gasteiger charge is -2.10. The van der Waals surface area contributed by atoms with E-state index in [9.17, 15) is 27.2 Å². The Morgan fingerprint density at radius 3 is 2.09 bits per heavy atom. The van der Waals surface area contributed by atoms with E-state index in [1.807, 2.05) is 0 Å². The molecular formula is C14H11BrF4O3. The van der Waals surface area contributed by atoms with Crippen molar-refractivity contribution in [3.63, 3.8) is 0 Å². The predicted molar refractivity (Wildman–Crippen MR) is 73.3 cm³/mol. The molecule has 0 aliphatic carbocycles. The molecule has 0 aromatic heterocycles. The number of hydrogen-bond acceptors (Lipinski definition) is 3. The summed E-state index contributed by atoms with van der Waals surface area (Å²) in [6, 6.07) is 0. The Morgan fingerprint density at radius 1 is 1.05 bits per heavy atom. The maximum absolute atomic E-state index is 13.8. The van der Waals surface area contributed by atoms with Crippen LogP contribution in [0.1, 0.15) is 30.6 Å². The van der Waals surface area contributed by atoms with Gasteiger partial charge in [-0.2, -0.15) is 0 Å². The first-order valence-electron chi connectivity index (χ1n) is 6.21. The van der Waals surface area contributed by atoms with Crippen LogP contribution in [0.25, 0.3) is 0 Å². The lowest BCUT2D eigenvalue weighted by Crippen LogP contribution is -2.19. The highest BCUT2D eigenvalue weighted by Crippen LogP contribution is 2.30. The number of allylic oxidation sites excluding steroid dienone is 1. The quantitative estimate of drug-likeness (QED) is 0.112. The van der Waals surface area contributed by atoms with Crippen LogP contribution in [0.4, 0.5) is 17.6 Å². The monoisotopic (exact) mass is 382 g/mol. The zero-order chi connectivity index (χ0) is 17.0. The summed E-state index contributed by atoms with van der Waals surface area (Å²) < 4.78 is 57.4. The number of Topliss-reactive ketones (excluding diaryl/α,β-unsaturated/α-hetero) is 1. The molecule has 3 nitrogen and oxygen atoms in total. The fourth-order valence-corrected chi connectivity index (χ4v) is 2.15. The Labute approximate surface area is 132 Å². The Bertz CT molecular complexity index is 627. The van der Waals surface area contributed by atoms with Gasteiger partial charge in [-0.3, -0.25) is 4.79 Å². The molecule has 0 fully saturated rings. The van der Waals surface area contributed by atoms with Gasteiger partial charge in [0.2, 0.25) is 5.78 Å². The first-order valence-corrected chi connectivity index (χ1v) is 7.00. The minimum absolute atomic E-state index is 0.0526. The number of halogens is 5. The molecule has 0 unspecified atom stereocenters. The summed E-state index contributed by atoms with van der Waals surface area (Å²) in [6.45, 7) is 3.02. The van der Waals surface area contributed by atoms with Crippen molar-refractivity contribution in [1.29, 1.82) is 0 Å². The van der Waals surface area contributed by atoms with Gasteiger partial charge in [-0.1, -0.05) is 13.0 Å². The summed E-state index contributed by atoms with van der Waals surface area (Å²) in [5.74, 6) is -10.2. The van der Waals surface area contributed by atoms with Crippen LogP contribution in [0.5, 0.6) is 0 Å². The van der Waals surface area contributed by atoms with E-state index in [0.717, 1.165) is 6.08 Å². The number of esters is 1. The Morgan fingerprint density at radius 2 is 1.59 bits per heavy atom. The molecule has 0 amide bonds. The van der Waals surface area contributed by atoms with Gasteiger partial charge in [0, 0.05) is 0 Å². The van der Waals surface area contributed by atoms with Gasteiger partial charge in [-0.25, -0.2) is 22.4 Å². The van der Waals surface area contributed by atoms with Crippen LogP contribution in [0.3, 0.4) is 0 Å². The number of carbonyl (C=O) groups is 2. The van der Waals surface area contributed by atoms with E-state index in [4.69, 9.17) is 0 Å². The molecule has 0 saturated heterocycles. The molecule has 1 aromatic rings. The van der Waals surface area contributed by atoms with Crippen molar-refractivity contribution in [3.05, 3.63) is 45.0 Å². The van der Waals surface area contributed by atoms with Gasteiger partial charge >= 0.3 is 5.97 Å². The number of benzene rings is 1. The SMILES string of the molecule is CCC=C(C(=O)OCC)C(=O)c1c(F)c(F)c(F)c(F)c1Br. The second-order valence-electron chi connectivity index (χ2n) is 4.02. The standard InChI is InChI=1S/C14H11BrF4O3/c1-3-5-6(14(21)22-4-2)13(20)7-8(15)10(17)12(19)11(18)9(7)16/h5H,3-4H2,1-2H3. The molecular weight excluding hydrogens is 372 g/mol. The fourth-order valence-electron chi connectivity index (χ4n) is 1.62. The van der Waals surface area contributed by atoms with E-state index in [0.29, 0.717) is 0 Å². The lowest BCUT2D eigenvalue weighted by molar-refractivity contribution is -0.138. The molecule has 0 heterocycles. The summed E-state index contributed by atoms with van der Waals surface area (Å²) in [6.07, 6.45) is 1.34. The molecule has 0 saturated carbocycles. The van der Waals surface area contributed by atoms with Gasteiger partial charge in [0.25, 0.3) is 0 Å². The van der Waals surface area contributed by atoms with Crippen LogP contribution in [-0.4, -0.2) is 18.4 Å². The molecule has 0 radical (unpaired) electrons. The van der Waals surface area contributed by atoms with Gasteiger partial charge in [-0.05, 0) is 29.3 Å². The first kappa shape index (κ1) is 18.3. The Balaban J connectivity index is 3.50. The predicted octanol–water partition coefficient (Wildman–Crippen LogP) is 4.09. The summed E-state index contributed by atoms with van der Waals surface area (Å²) in [4.78, 5) is 23.9. The van der Waals surface area contributed by atoms with E-state index in [-0.39, 0.29) is 13.0 Å². The number of rotatable bonds is 5. The van der Waals surface area contributed by atoms with Crippen LogP contribution in [0.2, 0.25) is 0 Å². The number of ether oxygens (including phenoxy) is 1. The molecule has 22 heavy (non-hydrogen) atoms. The molecule has 1 rings (SSSR count). The van der Waals surface area contributed by atoms with Crippen LogP contribution < -0.4 is 0 Å². The number of hydrogen-bond donors (Lipinski definition) is 0. The largest absolute Gasteiger partial charge is 0.462 e. The molecule has 0 bridgehead atoms. The first-order chi connectivity index (χ1) is 10.3. The zero-order valence-electron chi connectivity index (χ0n) is 11.6. The van der Waals surface area contributed by atoms with Gasteiger partial charge in [0.1, 0.15) is 5.57 Å². The topological polar surface area (TPSA) is 43.4 Å². The highest BCUT2D eigenvalue weighted by Gasteiger charge is 2.31. The van der Waals surface area contributed by atoms with Crippen molar-refractivity contribution in [2.24, 2.45) is 0 Å². The van der Waals surface area contributed by atoms with Crippen molar-refractivity contribution in [2.75, 3.05) is 6.61 Å². The molecule has 1 aromatic carbocycles. The van der Waals surface area contributed by atoms with E-state index >= 15 is 0 Å². The van der Waals surface area contributed by atoms with E-state index in [1.165, 1.54) is 6.92 Å². The van der Waals surface area contributed by atoms with Crippen LogP contribution in [0, 0.1) is 23.3 Å². The van der Waals surface area contributed by atoms with Crippen LogP contribution in [-0.2, 0) is 9.53 Å². The summed E-state index contributed by atoms with van der Waals surface area (Å²) >= 11 is 2.50. The van der Waals surface area contributed by atoms with Gasteiger partial charge in [0.05, 0.1) is 16.6 Å². The summed E-state index contributed by atoms with van der Waals surface area (Å²) in [5, 5.41) is 0. The average Bonchev–Trinajstić information content (AvgIpc) is 2.48. The van der Waals surface area contributed by atoms with Crippen molar-refractivity contribution < 1.29 is 31.9 Å². The summed E-state index contributed by atoms with van der Waals surface area (Å²) in [5.41, 5.74) is -1.70. The lowest BCUT2D eigenvalue weighted by atomic mass is 10.0. The van der Waals surface area contributed by atoms with E-state index in [1.54, 1.807) is 6.92 Å². The van der Waals surface area contributed by atoms with Crippen molar-refractivity contribution in [1.82, 2.24) is 0 Å². The van der Waals surface area contributed by atoms with Crippen molar-refractivity contribution in [2.45, 2.75) is 20.3 Å². The maximum atomic E-state index is 13.8. The molecule has 0 spiro atoms. The van der Waals surface area contributed by atoms with Crippen molar-refractivity contribution >= 4 is 27.7 Å². The van der Waals surface area contributed by atoms with Crippen LogP contribution >= 0.6 is 15.9 Å². The zero-order valence-corrected chi connectivity index (χ0v) is 13.2. The molecule has 0 N–H and O–H groups in total. The third-order valence-corrected chi connectivity index (χ3v) is 3.33. The molecule has 0 aliphatic rings. The molecule has 0 aliphatic heterocycles. The second kappa shape index (κ2) is 7.53. The minimum atomic E-state index is -2.14. The fraction of sp³-hybridized carbons (Fsp3) is 0.286. The minimum Gasteiger partial charge on any atom is -0.462 e. The van der Waals surface area contributed by atoms with Gasteiger partial charge in [-0.15, -0.1) is 0 Å². The van der Waals surface area contributed by atoms with Crippen molar-refractivity contribution in [3.8, 4) is 0 Å². The third-order valence-electron chi connectivity index (χ3n) is 2.59. The van der Waals surface area contributed by atoms with E-state index < -0.39 is 50.6 Å². The molecule has 8 heteroatoms. The smallest absolute Gasteiger partial charge is 0.341 e. The average molecular weight is 383 g/mol. The van der Waals surface area contributed by atoms with Crippen LogP contribution in [0.15, 0.2) is 16.1 Å². The second-order valence-corrected chi connectivity index (χ2v) is 4.81. The third kappa shape index (κ3) is 3.37. The van der Waals surface area contributed by atoms with E-state index in [2.05, 4.69) is 20.7 Å². The highest BCUT2D eigenvalue weighted by atomic mass is 79.9. The maximum Gasteiger partial charge on any atom is 0.341 e. The molecule has 120 valence electrons. The van der Waals surface area contributed by atoms with Gasteiger partial charge < -0.3 is 4.74 Å². The Kier molecular flexibility index (Phi) is 6.28. The Hall–Kier alpha value is -1.70. The number of ketones is 1. The summed E-state index contributed by atoms with van der Waals surface area (Å²) in [7, 11) is 0. The highest BCUT2D eigenvalue weighted by molar-refractivity contribution is 9.10.